The molecular formula is C8H12N4. The third kappa shape index (κ3) is 3.12. The second kappa shape index (κ2) is 4.46. The molecule has 4 nitrogen and oxygen atoms in total. The summed E-state index contributed by atoms with van der Waals surface area (Å²) in [6.07, 6.45) is 0. The molecule has 1 aromatic carbocycles. The normalized spacial score (nSPS) is 10.9. The highest BCUT2D eigenvalue weighted by molar-refractivity contribution is 5.34. The molecule has 0 amide bonds. The van der Waals surface area contributed by atoms with Gasteiger partial charge in [-0.2, -0.15) is 0 Å². The monoisotopic (exact) mass is 164 g/mol. The molecule has 0 fully saturated rings. The maximum atomic E-state index is 3.92. The smallest absolute Gasteiger partial charge is 0.0874 e. The van der Waals surface area contributed by atoms with E-state index in [2.05, 4.69) is 15.9 Å². The van der Waals surface area contributed by atoms with Crippen molar-refractivity contribution in [3.05, 3.63) is 30.3 Å². The summed E-state index contributed by atoms with van der Waals surface area (Å²) in [5.74, 6) is 0. The van der Waals surface area contributed by atoms with Crippen molar-refractivity contribution < 1.29 is 0 Å². The van der Waals surface area contributed by atoms with E-state index in [-0.39, 0.29) is 0 Å². The fourth-order valence-corrected chi connectivity index (χ4v) is 0.664. The maximum absolute atomic E-state index is 3.92. The third-order valence-corrected chi connectivity index (χ3v) is 1.17. The molecule has 0 saturated carbocycles. The first-order valence-corrected chi connectivity index (χ1v) is 3.68. The van der Waals surface area contributed by atoms with Gasteiger partial charge in [-0.3, -0.25) is 0 Å². The van der Waals surface area contributed by atoms with E-state index >= 15 is 0 Å². The van der Waals surface area contributed by atoms with Crippen LogP contribution < -0.4 is 5.53 Å². The lowest BCUT2D eigenvalue weighted by atomic mass is 10.3. The standard InChI is InChI=1S/C8H12N4/c1-12(2)11-10-9-8-6-4-3-5-7-8/h3-7H,1-2H3,(H,9,11). The lowest BCUT2D eigenvalue weighted by Crippen LogP contribution is -2.24. The van der Waals surface area contributed by atoms with Crippen LogP contribution >= 0.6 is 0 Å². The van der Waals surface area contributed by atoms with E-state index in [1.807, 2.05) is 44.4 Å². The van der Waals surface area contributed by atoms with Gasteiger partial charge in [-0.25, -0.2) is 10.5 Å². The van der Waals surface area contributed by atoms with E-state index < -0.39 is 0 Å². The highest BCUT2D eigenvalue weighted by Crippen LogP contribution is 2.08. The lowest BCUT2D eigenvalue weighted by Gasteiger charge is -2.04. The number of benzene rings is 1. The number of hydrogen-bond donors (Lipinski definition) is 1. The van der Waals surface area contributed by atoms with Crippen LogP contribution in [0.25, 0.3) is 0 Å². The highest BCUT2D eigenvalue weighted by Gasteiger charge is 1.84. The largest absolute Gasteiger partial charge is 0.222 e. The molecule has 0 aliphatic heterocycles. The number of hydrazine groups is 1. The average molecular weight is 164 g/mol. The Labute approximate surface area is 71.9 Å². The van der Waals surface area contributed by atoms with Gasteiger partial charge in [0.05, 0.1) is 5.69 Å². The second-order valence-electron chi connectivity index (χ2n) is 2.53. The zero-order valence-corrected chi connectivity index (χ0v) is 7.23. The van der Waals surface area contributed by atoms with Crippen LogP contribution in [0.3, 0.4) is 0 Å². The Balaban J connectivity index is 2.47. The Bertz CT molecular complexity index is 242. The van der Waals surface area contributed by atoms with Gasteiger partial charge in [-0.05, 0) is 12.1 Å². The van der Waals surface area contributed by atoms with Gasteiger partial charge in [0.1, 0.15) is 0 Å². The molecule has 0 spiro atoms. The van der Waals surface area contributed by atoms with Gasteiger partial charge >= 0.3 is 0 Å². The Morgan fingerprint density at radius 3 is 2.42 bits per heavy atom. The van der Waals surface area contributed by atoms with Crippen molar-refractivity contribution in [2.24, 2.45) is 10.3 Å². The molecule has 0 aromatic heterocycles. The summed E-state index contributed by atoms with van der Waals surface area (Å²) in [5.41, 5.74) is 3.53. The van der Waals surface area contributed by atoms with E-state index in [1.165, 1.54) is 0 Å². The predicted molar refractivity (Wildman–Crippen MR) is 47.8 cm³/mol. The first kappa shape index (κ1) is 8.67. The fourth-order valence-electron chi connectivity index (χ4n) is 0.664. The van der Waals surface area contributed by atoms with E-state index in [9.17, 15) is 0 Å². The maximum Gasteiger partial charge on any atom is 0.0874 e. The first-order chi connectivity index (χ1) is 5.79. The number of nitrogens with zero attached hydrogens (tertiary/aromatic N) is 3. The fraction of sp³-hybridized carbons (Fsp3) is 0.250. The molecule has 0 heterocycles. The van der Waals surface area contributed by atoms with Crippen LogP contribution in [0.5, 0.6) is 0 Å². The molecule has 0 aliphatic rings. The van der Waals surface area contributed by atoms with Gasteiger partial charge < -0.3 is 0 Å². The molecule has 0 saturated heterocycles. The molecule has 0 radical (unpaired) electrons. The lowest BCUT2D eigenvalue weighted by molar-refractivity contribution is 0.288. The Morgan fingerprint density at radius 2 is 1.83 bits per heavy atom. The van der Waals surface area contributed by atoms with Crippen LogP contribution in [0.15, 0.2) is 40.7 Å². The summed E-state index contributed by atoms with van der Waals surface area (Å²) < 4.78 is 0. The van der Waals surface area contributed by atoms with Crippen molar-refractivity contribution >= 4 is 5.69 Å². The summed E-state index contributed by atoms with van der Waals surface area (Å²) in [6.45, 7) is 0. The van der Waals surface area contributed by atoms with Crippen molar-refractivity contribution in [2.45, 2.75) is 0 Å². The Morgan fingerprint density at radius 1 is 1.17 bits per heavy atom. The molecular weight excluding hydrogens is 152 g/mol. The molecule has 0 atom stereocenters. The van der Waals surface area contributed by atoms with E-state index in [0.717, 1.165) is 5.69 Å². The zero-order chi connectivity index (χ0) is 8.81. The van der Waals surface area contributed by atoms with Crippen LogP contribution in [0, 0.1) is 0 Å². The van der Waals surface area contributed by atoms with Crippen molar-refractivity contribution in [3.63, 3.8) is 0 Å². The van der Waals surface area contributed by atoms with Crippen molar-refractivity contribution in [2.75, 3.05) is 14.1 Å². The molecule has 4 heteroatoms. The van der Waals surface area contributed by atoms with Crippen LogP contribution in [0.4, 0.5) is 5.69 Å². The minimum atomic E-state index is 0.840. The predicted octanol–water partition coefficient (Wildman–Crippen LogP) is 1.75. The van der Waals surface area contributed by atoms with Gasteiger partial charge in [-0.1, -0.05) is 23.4 Å². The van der Waals surface area contributed by atoms with E-state index in [0.29, 0.717) is 0 Å². The molecule has 1 aromatic rings. The van der Waals surface area contributed by atoms with Crippen molar-refractivity contribution in [1.29, 1.82) is 0 Å². The van der Waals surface area contributed by atoms with Crippen LogP contribution in [-0.2, 0) is 0 Å². The topological polar surface area (TPSA) is 40.0 Å². The summed E-state index contributed by atoms with van der Waals surface area (Å²) in [6, 6.07) is 9.56. The van der Waals surface area contributed by atoms with Crippen molar-refractivity contribution in [1.82, 2.24) is 10.5 Å². The van der Waals surface area contributed by atoms with Gasteiger partial charge in [0, 0.05) is 14.1 Å². The summed E-state index contributed by atoms with van der Waals surface area (Å²) in [5, 5.41) is 9.38. The summed E-state index contributed by atoms with van der Waals surface area (Å²) in [4.78, 5) is 0. The second-order valence-corrected chi connectivity index (χ2v) is 2.53. The van der Waals surface area contributed by atoms with Crippen LogP contribution in [-0.4, -0.2) is 19.1 Å². The quantitative estimate of drug-likeness (QED) is 0.546. The van der Waals surface area contributed by atoms with Crippen LogP contribution in [0.1, 0.15) is 0 Å². The average Bonchev–Trinajstić information content (AvgIpc) is 2.05. The summed E-state index contributed by atoms with van der Waals surface area (Å²) in [7, 11) is 3.70. The van der Waals surface area contributed by atoms with Gasteiger partial charge in [-0.15, -0.1) is 5.11 Å². The molecule has 0 aliphatic carbocycles. The van der Waals surface area contributed by atoms with Gasteiger partial charge in [0.15, 0.2) is 0 Å². The molecule has 64 valence electrons. The third-order valence-electron chi connectivity index (χ3n) is 1.17. The molecule has 1 N–H and O–H groups in total. The number of nitrogens with one attached hydrogen (secondary N) is 1. The molecule has 0 bridgehead atoms. The molecule has 12 heavy (non-hydrogen) atoms. The minimum Gasteiger partial charge on any atom is -0.222 e. The van der Waals surface area contributed by atoms with Gasteiger partial charge in [0.25, 0.3) is 0 Å². The molecule has 1 rings (SSSR count). The zero-order valence-electron chi connectivity index (χ0n) is 7.23. The summed E-state index contributed by atoms with van der Waals surface area (Å²) >= 11 is 0. The number of hydrogen-bond acceptors (Lipinski definition) is 3. The van der Waals surface area contributed by atoms with Crippen molar-refractivity contribution in [3.8, 4) is 0 Å². The first-order valence-electron chi connectivity index (χ1n) is 3.68. The Hall–Kier alpha value is -1.42. The minimum absolute atomic E-state index is 0.840. The Kier molecular flexibility index (Phi) is 3.22. The SMILES string of the molecule is CN(C)NN=Nc1ccccc1. The van der Waals surface area contributed by atoms with Gasteiger partial charge in [0.2, 0.25) is 0 Å². The number of rotatable bonds is 3. The van der Waals surface area contributed by atoms with E-state index in [4.69, 9.17) is 0 Å². The molecule has 0 unspecified atom stereocenters. The van der Waals surface area contributed by atoms with Crippen LogP contribution in [0.2, 0.25) is 0 Å². The van der Waals surface area contributed by atoms with E-state index in [1.54, 1.807) is 5.01 Å². The highest BCUT2D eigenvalue weighted by atomic mass is 15.7.